The molecule has 114 valence electrons. The predicted octanol–water partition coefficient (Wildman–Crippen LogP) is 3.77. The lowest BCUT2D eigenvalue weighted by molar-refractivity contribution is 0.977. The molecule has 0 atom stereocenters. The third kappa shape index (κ3) is 3.58. The third-order valence-corrected chi connectivity index (χ3v) is 3.75. The maximum absolute atomic E-state index is 5.43. The monoisotopic (exact) mass is 301 g/mol. The highest BCUT2D eigenvalue weighted by Gasteiger charge is 2.16. The Morgan fingerprint density at radius 2 is 1.04 bits per heavy atom. The van der Waals surface area contributed by atoms with Crippen molar-refractivity contribution in [1.29, 1.82) is 0 Å². The van der Waals surface area contributed by atoms with Gasteiger partial charge >= 0.3 is 0 Å². The first-order chi connectivity index (χ1) is 11.2. The summed E-state index contributed by atoms with van der Waals surface area (Å²) in [6, 6.07) is 29.0. The average Bonchev–Trinajstić information content (AvgIpc) is 2.58. The minimum absolute atomic E-state index is 0.0698. The summed E-state index contributed by atoms with van der Waals surface area (Å²) in [7, 11) is 0. The van der Waals surface area contributed by atoms with E-state index in [0.29, 0.717) is 0 Å². The maximum atomic E-state index is 5.43. The molecule has 3 heteroatoms. The molecule has 0 fully saturated rings. The van der Waals surface area contributed by atoms with Gasteiger partial charge in [0.05, 0.1) is 5.69 Å². The van der Waals surface area contributed by atoms with E-state index in [9.17, 15) is 0 Å². The van der Waals surface area contributed by atoms with Gasteiger partial charge in [0.2, 0.25) is 0 Å². The molecule has 0 saturated carbocycles. The molecule has 0 unspecified atom stereocenters. The number of rotatable bonds is 4. The molecule has 0 aliphatic rings. The van der Waals surface area contributed by atoms with Crippen molar-refractivity contribution in [3.63, 3.8) is 0 Å². The largest absolute Gasteiger partial charge is 0.370 e. The molecule has 0 aliphatic heterocycles. The summed E-state index contributed by atoms with van der Waals surface area (Å²) < 4.78 is 0. The predicted molar refractivity (Wildman–Crippen MR) is 95.7 cm³/mol. The molecule has 3 nitrogen and oxygen atoms in total. The quantitative estimate of drug-likeness (QED) is 0.437. The Hall–Kier alpha value is -3.07. The van der Waals surface area contributed by atoms with Gasteiger partial charge in [-0.15, -0.1) is 0 Å². The Bertz CT molecular complexity index is 735. The van der Waals surface area contributed by atoms with Crippen molar-refractivity contribution in [2.75, 3.05) is 0 Å². The van der Waals surface area contributed by atoms with E-state index in [0.717, 1.165) is 5.69 Å². The van der Waals surface area contributed by atoms with Crippen molar-refractivity contribution >= 4 is 11.6 Å². The van der Waals surface area contributed by atoms with Gasteiger partial charge in [-0.3, -0.25) is 0 Å². The SMILES string of the molecule is NC(N)=Nc1ccc(C(c2ccccc2)c2ccccc2)cc1. The molecule has 0 amide bonds. The zero-order valence-electron chi connectivity index (χ0n) is 12.8. The van der Waals surface area contributed by atoms with Crippen molar-refractivity contribution in [1.82, 2.24) is 0 Å². The van der Waals surface area contributed by atoms with Gasteiger partial charge in [0.1, 0.15) is 0 Å². The van der Waals surface area contributed by atoms with Gasteiger partial charge in [-0.05, 0) is 28.8 Å². The zero-order chi connectivity index (χ0) is 16.1. The molecule has 0 aliphatic carbocycles. The second-order valence-electron chi connectivity index (χ2n) is 5.38. The summed E-state index contributed by atoms with van der Waals surface area (Å²) in [4.78, 5) is 4.08. The molecular formula is C20H19N3. The van der Waals surface area contributed by atoms with Crippen LogP contribution in [0.5, 0.6) is 0 Å². The summed E-state index contributed by atoms with van der Waals surface area (Å²) in [6.45, 7) is 0. The molecule has 0 bridgehead atoms. The molecule has 3 aromatic rings. The number of guanidine groups is 1. The van der Waals surface area contributed by atoms with E-state index in [4.69, 9.17) is 11.5 Å². The molecule has 0 spiro atoms. The van der Waals surface area contributed by atoms with Gasteiger partial charge in [-0.25, -0.2) is 4.99 Å². The van der Waals surface area contributed by atoms with E-state index in [1.54, 1.807) is 0 Å². The lowest BCUT2D eigenvalue weighted by atomic mass is 9.85. The summed E-state index contributed by atoms with van der Waals surface area (Å²) in [5.74, 6) is 0.256. The lowest BCUT2D eigenvalue weighted by Crippen LogP contribution is -2.21. The Balaban J connectivity index is 2.04. The van der Waals surface area contributed by atoms with Crippen molar-refractivity contribution in [3.05, 3.63) is 102 Å². The first-order valence-electron chi connectivity index (χ1n) is 7.53. The van der Waals surface area contributed by atoms with Crippen molar-refractivity contribution in [2.24, 2.45) is 16.5 Å². The van der Waals surface area contributed by atoms with Crippen LogP contribution in [0.4, 0.5) is 5.69 Å². The molecule has 0 saturated heterocycles. The van der Waals surface area contributed by atoms with E-state index in [1.807, 2.05) is 24.3 Å². The highest BCUT2D eigenvalue weighted by atomic mass is 15.0. The number of hydrogen-bond donors (Lipinski definition) is 2. The molecule has 23 heavy (non-hydrogen) atoms. The van der Waals surface area contributed by atoms with Crippen LogP contribution >= 0.6 is 0 Å². The first kappa shape index (κ1) is 14.9. The fraction of sp³-hybridized carbons (Fsp3) is 0.0500. The van der Waals surface area contributed by atoms with Crippen LogP contribution in [0.2, 0.25) is 0 Å². The highest BCUT2D eigenvalue weighted by Crippen LogP contribution is 2.32. The highest BCUT2D eigenvalue weighted by molar-refractivity contribution is 5.79. The molecular weight excluding hydrogens is 282 g/mol. The summed E-state index contributed by atoms with van der Waals surface area (Å²) in [6.07, 6.45) is 0. The van der Waals surface area contributed by atoms with Gasteiger partial charge in [0.15, 0.2) is 5.96 Å². The molecule has 0 radical (unpaired) electrons. The van der Waals surface area contributed by atoms with Gasteiger partial charge in [0, 0.05) is 5.92 Å². The van der Waals surface area contributed by atoms with Gasteiger partial charge in [-0.1, -0.05) is 72.8 Å². The van der Waals surface area contributed by atoms with Crippen molar-refractivity contribution in [2.45, 2.75) is 5.92 Å². The van der Waals surface area contributed by atoms with Crippen molar-refractivity contribution < 1.29 is 0 Å². The molecule has 3 aromatic carbocycles. The molecule has 0 heterocycles. The number of nitrogens with two attached hydrogens (primary N) is 2. The van der Waals surface area contributed by atoms with Crippen LogP contribution in [0.1, 0.15) is 22.6 Å². The Morgan fingerprint density at radius 3 is 1.48 bits per heavy atom. The van der Waals surface area contributed by atoms with Crippen LogP contribution in [-0.2, 0) is 0 Å². The molecule has 3 rings (SSSR count). The van der Waals surface area contributed by atoms with E-state index >= 15 is 0 Å². The van der Waals surface area contributed by atoms with Gasteiger partial charge in [0.25, 0.3) is 0 Å². The van der Waals surface area contributed by atoms with Gasteiger partial charge < -0.3 is 11.5 Å². The zero-order valence-corrected chi connectivity index (χ0v) is 12.8. The number of benzene rings is 3. The smallest absolute Gasteiger partial charge is 0.191 e. The summed E-state index contributed by atoms with van der Waals surface area (Å²) >= 11 is 0. The van der Waals surface area contributed by atoms with Crippen LogP contribution in [0.3, 0.4) is 0 Å². The van der Waals surface area contributed by atoms with Crippen LogP contribution in [0, 0.1) is 0 Å². The Labute approximate surface area is 136 Å². The second kappa shape index (κ2) is 6.79. The van der Waals surface area contributed by atoms with Crippen LogP contribution in [-0.4, -0.2) is 5.96 Å². The second-order valence-corrected chi connectivity index (χ2v) is 5.38. The van der Waals surface area contributed by atoms with E-state index < -0.39 is 0 Å². The lowest BCUT2D eigenvalue weighted by Gasteiger charge is -2.19. The molecule has 4 N–H and O–H groups in total. The normalized spacial score (nSPS) is 10.5. The van der Waals surface area contributed by atoms with E-state index in [1.165, 1.54) is 16.7 Å². The minimum Gasteiger partial charge on any atom is -0.370 e. The topological polar surface area (TPSA) is 64.4 Å². The number of hydrogen-bond acceptors (Lipinski definition) is 1. The van der Waals surface area contributed by atoms with E-state index in [2.05, 4.69) is 65.7 Å². The van der Waals surface area contributed by atoms with Crippen LogP contribution in [0.25, 0.3) is 0 Å². The van der Waals surface area contributed by atoms with Gasteiger partial charge in [-0.2, -0.15) is 0 Å². The Kier molecular flexibility index (Phi) is 4.39. The Morgan fingerprint density at radius 1 is 0.609 bits per heavy atom. The fourth-order valence-electron chi connectivity index (χ4n) is 2.76. The van der Waals surface area contributed by atoms with Crippen LogP contribution in [0.15, 0.2) is 89.9 Å². The van der Waals surface area contributed by atoms with Crippen molar-refractivity contribution in [3.8, 4) is 0 Å². The average molecular weight is 301 g/mol. The van der Waals surface area contributed by atoms with Crippen LogP contribution < -0.4 is 11.5 Å². The number of aliphatic imine (C=N–C) groups is 1. The molecule has 0 aromatic heterocycles. The van der Waals surface area contributed by atoms with E-state index in [-0.39, 0.29) is 11.9 Å². The third-order valence-electron chi connectivity index (χ3n) is 3.75. The maximum Gasteiger partial charge on any atom is 0.191 e. The summed E-state index contributed by atoms with van der Waals surface area (Å²) in [5, 5.41) is 0. The number of nitrogens with zero attached hydrogens (tertiary/aromatic N) is 1. The summed E-state index contributed by atoms with van der Waals surface area (Å²) in [5.41, 5.74) is 15.3. The first-order valence-corrected chi connectivity index (χ1v) is 7.53. The minimum atomic E-state index is 0.0698. The fourth-order valence-corrected chi connectivity index (χ4v) is 2.76. The standard InChI is InChI=1S/C20H19N3/c21-20(22)23-18-13-11-17(12-14-18)19(15-7-3-1-4-8-15)16-9-5-2-6-10-16/h1-14,19H,(H4,21,22,23).